The average Bonchev–Trinajstić information content (AvgIpc) is 2.93. The molecule has 0 bridgehead atoms. The molecule has 0 radical (unpaired) electrons. The summed E-state index contributed by atoms with van der Waals surface area (Å²) >= 11 is 0. The molecule has 3 aliphatic rings. The third kappa shape index (κ3) is 2.39. The summed E-state index contributed by atoms with van der Waals surface area (Å²) in [5.41, 5.74) is 3.10. The molecule has 3 fully saturated rings. The Hall–Kier alpha value is -0.650. The van der Waals surface area contributed by atoms with E-state index in [2.05, 4.69) is 27.7 Å². The monoisotopic (exact) mass is 252 g/mol. The summed E-state index contributed by atoms with van der Waals surface area (Å²) in [5, 5.41) is 5.48. The van der Waals surface area contributed by atoms with Gasteiger partial charge in [0, 0.05) is 26.2 Å². The van der Waals surface area contributed by atoms with Crippen LogP contribution in [0, 0.1) is 11.8 Å². The van der Waals surface area contributed by atoms with Crippen LogP contribution in [0.2, 0.25) is 0 Å². The van der Waals surface area contributed by atoms with Crippen LogP contribution in [0.3, 0.4) is 0 Å². The van der Waals surface area contributed by atoms with Crippen molar-refractivity contribution in [3.05, 3.63) is 0 Å². The number of hydrazine groups is 1. The number of fused-ring (bicyclic) bond motifs is 1. The minimum atomic E-state index is 0.0529. The van der Waals surface area contributed by atoms with Crippen molar-refractivity contribution in [2.45, 2.75) is 25.3 Å². The van der Waals surface area contributed by atoms with Crippen molar-refractivity contribution in [3.63, 3.8) is 0 Å². The largest absolute Gasteiger partial charge is 0.305 e. The highest BCUT2D eigenvalue weighted by molar-refractivity contribution is 5.82. The summed E-state index contributed by atoms with van der Waals surface area (Å²) in [6.45, 7) is 4.96. The Labute approximate surface area is 109 Å². The lowest BCUT2D eigenvalue weighted by molar-refractivity contribution is -0.129. The molecule has 3 rings (SSSR count). The fourth-order valence-corrected chi connectivity index (χ4v) is 3.62. The van der Waals surface area contributed by atoms with Gasteiger partial charge in [-0.25, -0.2) is 5.01 Å². The quantitative estimate of drug-likeness (QED) is 0.705. The number of nitrogens with one attached hydrogen (secondary N) is 2. The van der Waals surface area contributed by atoms with E-state index in [0.29, 0.717) is 5.92 Å². The fraction of sp³-hybridized carbons (Fsp3) is 0.923. The molecule has 2 heterocycles. The number of hydrogen-bond acceptors (Lipinski definition) is 4. The molecular formula is C13H24N4O. The second-order valence-electron chi connectivity index (χ2n) is 6.01. The summed E-state index contributed by atoms with van der Waals surface area (Å²) < 4.78 is 0. The Morgan fingerprint density at radius 2 is 2.00 bits per heavy atom. The Morgan fingerprint density at radius 3 is 2.78 bits per heavy atom. The van der Waals surface area contributed by atoms with E-state index >= 15 is 0 Å². The molecule has 18 heavy (non-hydrogen) atoms. The average molecular weight is 252 g/mol. The van der Waals surface area contributed by atoms with Crippen LogP contribution in [0.4, 0.5) is 0 Å². The second-order valence-corrected chi connectivity index (χ2v) is 6.01. The highest BCUT2D eigenvalue weighted by atomic mass is 16.2. The molecule has 1 aliphatic carbocycles. The number of rotatable bonds is 2. The molecular weight excluding hydrogens is 228 g/mol. The van der Waals surface area contributed by atoms with Crippen molar-refractivity contribution in [3.8, 4) is 0 Å². The van der Waals surface area contributed by atoms with Crippen LogP contribution in [0.15, 0.2) is 0 Å². The van der Waals surface area contributed by atoms with Gasteiger partial charge in [0.2, 0.25) is 0 Å². The van der Waals surface area contributed by atoms with Crippen LogP contribution >= 0.6 is 0 Å². The van der Waals surface area contributed by atoms with Crippen molar-refractivity contribution in [1.82, 2.24) is 20.7 Å². The van der Waals surface area contributed by atoms with Crippen LogP contribution in [0.25, 0.3) is 0 Å². The minimum Gasteiger partial charge on any atom is -0.305 e. The predicted molar refractivity (Wildman–Crippen MR) is 69.8 cm³/mol. The van der Waals surface area contributed by atoms with E-state index in [4.69, 9.17) is 0 Å². The maximum Gasteiger partial charge on any atom is 0.251 e. The number of piperazine rings is 1. The Morgan fingerprint density at radius 1 is 1.22 bits per heavy atom. The number of hydrogen-bond donors (Lipinski definition) is 2. The van der Waals surface area contributed by atoms with Gasteiger partial charge < -0.3 is 10.2 Å². The lowest BCUT2D eigenvalue weighted by Gasteiger charge is -2.33. The van der Waals surface area contributed by atoms with Gasteiger partial charge in [-0.05, 0) is 38.3 Å². The third-order valence-electron chi connectivity index (χ3n) is 4.80. The topological polar surface area (TPSA) is 47.6 Å². The summed E-state index contributed by atoms with van der Waals surface area (Å²) in [7, 11) is 2.13. The molecule has 0 aromatic rings. The zero-order valence-corrected chi connectivity index (χ0v) is 11.2. The van der Waals surface area contributed by atoms with Gasteiger partial charge in [-0.2, -0.15) is 0 Å². The molecule has 5 heteroatoms. The molecule has 1 saturated carbocycles. The van der Waals surface area contributed by atoms with E-state index < -0.39 is 0 Å². The minimum absolute atomic E-state index is 0.0529. The van der Waals surface area contributed by atoms with Crippen LogP contribution in [0.5, 0.6) is 0 Å². The van der Waals surface area contributed by atoms with Gasteiger partial charge in [-0.1, -0.05) is 6.42 Å². The Kier molecular flexibility index (Phi) is 3.54. The number of carbonyl (C=O) groups excluding carboxylic acids is 1. The van der Waals surface area contributed by atoms with E-state index in [1.165, 1.54) is 19.3 Å². The highest BCUT2D eigenvalue weighted by Gasteiger charge is 2.42. The van der Waals surface area contributed by atoms with Gasteiger partial charge in [-0.3, -0.25) is 10.2 Å². The zero-order chi connectivity index (χ0) is 12.5. The molecule has 2 aliphatic heterocycles. The van der Waals surface area contributed by atoms with Crippen molar-refractivity contribution in [2.24, 2.45) is 11.8 Å². The maximum absolute atomic E-state index is 12.3. The van der Waals surface area contributed by atoms with E-state index in [0.717, 1.165) is 38.6 Å². The summed E-state index contributed by atoms with van der Waals surface area (Å²) in [6.07, 6.45) is 3.82. The van der Waals surface area contributed by atoms with Crippen LogP contribution in [-0.2, 0) is 4.79 Å². The number of carbonyl (C=O) groups is 1. The standard InChI is InChI=1S/C13H24N4O/c1-16-5-7-17(8-6-16)15-13(18)12-11-4-2-3-10(11)9-14-12/h10-12,14H,2-9H2,1H3,(H,15,18). The first kappa shape index (κ1) is 12.4. The number of likely N-dealkylation sites (N-methyl/N-ethyl adjacent to an activating group) is 1. The van der Waals surface area contributed by atoms with Crippen molar-refractivity contribution >= 4 is 5.91 Å². The van der Waals surface area contributed by atoms with Crippen LogP contribution < -0.4 is 10.7 Å². The van der Waals surface area contributed by atoms with E-state index in [1.807, 2.05) is 0 Å². The van der Waals surface area contributed by atoms with E-state index in [9.17, 15) is 4.79 Å². The zero-order valence-electron chi connectivity index (χ0n) is 11.2. The highest BCUT2D eigenvalue weighted by Crippen LogP contribution is 2.37. The first-order valence-corrected chi connectivity index (χ1v) is 7.21. The summed E-state index contributed by atoms with van der Waals surface area (Å²) in [4.78, 5) is 14.6. The van der Waals surface area contributed by atoms with E-state index in [-0.39, 0.29) is 11.9 Å². The molecule has 0 aromatic carbocycles. The molecule has 0 aromatic heterocycles. The van der Waals surface area contributed by atoms with Gasteiger partial charge in [-0.15, -0.1) is 0 Å². The summed E-state index contributed by atoms with van der Waals surface area (Å²) in [6, 6.07) is 0.0529. The van der Waals surface area contributed by atoms with Gasteiger partial charge in [0.25, 0.3) is 5.91 Å². The van der Waals surface area contributed by atoms with Gasteiger partial charge in [0.15, 0.2) is 0 Å². The van der Waals surface area contributed by atoms with E-state index in [1.54, 1.807) is 0 Å². The molecule has 3 unspecified atom stereocenters. The molecule has 1 amide bonds. The van der Waals surface area contributed by atoms with Gasteiger partial charge in [0.1, 0.15) is 0 Å². The third-order valence-corrected chi connectivity index (χ3v) is 4.80. The lowest BCUT2D eigenvalue weighted by atomic mass is 9.94. The SMILES string of the molecule is CN1CCN(NC(=O)C2NCC3CCCC32)CC1. The number of amides is 1. The number of nitrogens with zero attached hydrogens (tertiary/aromatic N) is 2. The Balaban J connectivity index is 1.52. The Bertz CT molecular complexity index is 314. The molecule has 0 spiro atoms. The molecule has 102 valence electrons. The maximum atomic E-state index is 12.3. The van der Waals surface area contributed by atoms with Gasteiger partial charge >= 0.3 is 0 Å². The van der Waals surface area contributed by atoms with Crippen molar-refractivity contribution in [2.75, 3.05) is 39.8 Å². The van der Waals surface area contributed by atoms with Crippen LogP contribution in [-0.4, -0.2) is 61.6 Å². The fourth-order valence-electron chi connectivity index (χ4n) is 3.62. The normalized spacial score (nSPS) is 37.7. The van der Waals surface area contributed by atoms with Crippen LogP contribution in [0.1, 0.15) is 19.3 Å². The molecule has 2 saturated heterocycles. The summed E-state index contributed by atoms with van der Waals surface area (Å²) in [5.74, 6) is 1.51. The second kappa shape index (κ2) is 5.15. The molecule has 3 atom stereocenters. The molecule has 2 N–H and O–H groups in total. The first-order valence-electron chi connectivity index (χ1n) is 7.21. The van der Waals surface area contributed by atoms with Crippen molar-refractivity contribution in [1.29, 1.82) is 0 Å². The molecule has 5 nitrogen and oxygen atoms in total. The lowest BCUT2D eigenvalue weighted by Crippen LogP contribution is -2.56. The predicted octanol–water partition coefficient (Wildman–Crippen LogP) is -0.347. The smallest absolute Gasteiger partial charge is 0.251 e. The van der Waals surface area contributed by atoms with Crippen molar-refractivity contribution < 1.29 is 4.79 Å². The first-order chi connectivity index (χ1) is 8.74. The van der Waals surface area contributed by atoms with Gasteiger partial charge in [0.05, 0.1) is 6.04 Å².